The van der Waals surface area contributed by atoms with Gasteiger partial charge in [-0.25, -0.2) is 38.4 Å². The monoisotopic (exact) mass is 1740 g/mol. The smallest absolute Gasteiger partial charge is 0.413 e. The van der Waals surface area contributed by atoms with E-state index in [0.717, 1.165) is 14.7 Å². The fourth-order valence-corrected chi connectivity index (χ4v) is 7.43. The van der Waals surface area contributed by atoms with Gasteiger partial charge in [-0.2, -0.15) is 0 Å². The fourth-order valence-electron chi connectivity index (χ4n) is 7.43. The summed E-state index contributed by atoms with van der Waals surface area (Å²) in [6.07, 6.45) is -3.57. The number of hydrogen-bond donors (Lipinski definition) is 3. The van der Waals surface area contributed by atoms with E-state index < -0.39 is 170 Å². The number of amides is 7. The van der Waals surface area contributed by atoms with Crippen LogP contribution in [-0.4, -0.2) is 275 Å². The maximum absolute atomic E-state index is 12.1. The van der Waals surface area contributed by atoms with E-state index in [1.165, 1.54) is 40.0 Å². The van der Waals surface area contributed by atoms with Crippen molar-refractivity contribution >= 4 is 96.0 Å². The summed E-state index contributed by atoms with van der Waals surface area (Å²) in [4.78, 5) is 191. The number of likely N-dealkylation sites (N-methyl/N-ethyl adjacent to an activating group) is 1. The molecule has 0 aliphatic carbocycles. The van der Waals surface area contributed by atoms with E-state index in [2.05, 4.69) is 20.7 Å². The molecule has 0 spiro atoms. The molecule has 38 nitrogen and oxygen atoms in total. The van der Waals surface area contributed by atoms with Gasteiger partial charge in [-0.3, -0.25) is 58.0 Å². The summed E-state index contributed by atoms with van der Waals surface area (Å²) in [6.45, 7) is 64.5. The molecule has 0 aliphatic rings. The second kappa shape index (κ2) is 53.4. The van der Waals surface area contributed by atoms with E-state index in [4.69, 9.17) is 66.3 Å². The Morgan fingerprint density at radius 3 is 0.810 bits per heavy atom. The van der Waals surface area contributed by atoms with Gasteiger partial charge < -0.3 is 87.0 Å². The number of methoxy groups -OCH3 is 2. The first-order valence-electron chi connectivity index (χ1n) is 39.3. The number of rotatable bonds is 24. The lowest BCUT2D eigenvalue weighted by atomic mass is 10.1. The van der Waals surface area contributed by atoms with Crippen LogP contribution in [0.15, 0.2) is 0 Å². The van der Waals surface area contributed by atoms with Gasteiger partial charge in [0.15, 0.2) is 12.8 Å². The van der Waals surface area contributed by atoms with Crippen molar-refractivity contribution in [1.82, 2.24) is 35.6 Å². The second-order valence-corrected chi connectivity index (χ2v) is 38.9. The number of nitrogens with zero attached hydrogens (tertiary/aromatic N) is 4. The van der Waals surface area contributed by atoms with Crippen LogP contribution in [0, 0.1) is 0 Å². The molecule has 0 fully saturated rings. The highest BCUT2D eigenvalue weighted by Gasteiger charge is 2.35. The predicted molar refractivity (Wildman–Crippen MR) is 448 cm³/mol. The van der Waals surface area contributed by atoms with Crippen LogP contribution in [0.5, 0.6) is 0 Å². The third kappa shape index (κ3) is 82.6. The fraction of sp³-hybridized carbons (Fsp3) is 0.807. The molecule has 706 valence electrons. The van der Waals surface area contributed by atoms with Crippen LogP contribution in [0.25, 0.3) is 0 Å². The van der Waals surface area contributed by atoms with Gasteiger partial charge >= 0.3 is 84.3 Å². The van der Waals surface area contributed by atoms with Crippen LogP contribution in [0.1, 0.15) is 283 Å². The first-order valence-corrected chi connectivity index (χ1v) is 39.3. The Morgan fingerprint density at radius 1 is 0.306 bits per heavy atom. The summed E-state index contributed by atoms with van der Waals surface area (Å²) in [7, 11) is 4.08. The highest BCUT2D eigenvalue weighted by molar-refractivity contribution is 5.86. The van der Waals surface area contributed by atoms with E-state index >= 15 is 0 Å². The molecule has 0 heterocycles. The maximum atomic E-state index is 12.1. The van der Waals surface area contributed by atoms with Gasteiger partial charge in [0, 0.05) is 34.0 Å². The molecule has 0 saturated carbocycles. The lowest BCUT2D eigenvalue weighted by molar-refractivity contribution is -0.160. The molecular weight excluding hydrogens is 1590 g/mol. The average molecular weight is 1750 g/mol. The van der Waals surface area contributed by atoms with Crippen LogP contribution in [0.4, 0.5) is 28.8 Å². The molecule has 0 rings (SSSR count). The molecule has 121 heavy (non-hydrogen) atoms. The van der Waals surface area contributed by atoms with Crippen molar-refractivity contribution in [1.29, 1.82) is 0 Å². The molecule has 3 N–H and O–H groups in total. The van der Waals surface area contributed by atoms with Gasteiger partial charge in [0.05, 0.1) is 13.7 Å². The van der Waals surface area contributed by atoms with Crippen molar-refractivity contribution in [3.63, 3.8) is 0 Å². The van der Waals surface area contributed by atoms with Crippen LogP contribution < -0.4 is 16.0 Å². The van der Waals surface area contributed by atoms with Gasteiger partial charge in [0.1, 0.15) is 118 Å². The number of ether oxygens (including phenoxy) is 15. The van der Waals surface area contributed by atoms with E-state index in [1.54, 1.807) is 256 Å². The van der Waals surface area contributed by atoms with E-state index in [1.807, 2.05) is 0 Å². The third-order valence-electron chi connectivity index (χ3n) is 11.4. The molecule has 0 aromatic rings. The van der Waals surface area contributed by atoms with Gasteiger partial charge in [0.2, 0.25) is 5.91 Å². The number of esters is 8. The summed E-state index contributed by atoms with van der Waals surface area (Å²) >= 11 is 0. The molecule has 2 unspecified atom stereocenters. The molecule has 0 aromatic heterocycles. The third-order valence-corrected chi connectivity index (χ3v) is 11.4. The summed E-state index contributed by atoms with van der Waals surface area (Å²) in [5, 5.41) is 7.34. The normalized spacial score (nSPS) is 12.2. The molecular formula is C83H153N7O31. The summed E-state index contributed by atoms with van der Waals surface area (Å²) in [6, 6.07) is -1.57. The summed E-state index contributed by atoms with van der Waals surface area (Å²) < 4.78 is 76.0. The Kier molecular flexibility index (Phi) is 54.0. The first-order chi connectivity index (χ1) is 53.7. The maximum Gasteiger partial charge on any atom is 0.413 e. The number of hydrogen-bond acceptors (Lipinski definition) is 31. The van der Waals surface area contributed by atoms with Crippen molar-refractivity contribution in [2.45, 2.75) is 362 Å². The zero-order chi connectivity index (χ0) is 97.2. The first kappa shape index (κ1) is 122. The Hall–Kier alpha value is -9.52. The van der Waals surface area contributed by atoms with E-state index in [9.17, 15) is 76.7 Å². The van der Waals surface area contributed by atoms with Crippen LogP contribution in [0.3, 0.4) is 0 Å². The number of alkyl carbamates (subject to hydrolysis) is 2. The SMILES string of the molecule is CC(=O)CCN(CC(=O)OC(C)(C)C)C(=O)OC(C)(C)C.CC(=O)OCN(CC(=O)OC(C)(C)C)C(=O)OC(C)(C)C.CCC(NC(=O)OC(C)(C)C)C(=O)OC(C)(C)C.CNC(=O)CN(CC(=O)OC(C)(C)C)C(=O)OC(C)(C)C.COC(=O)CN(CC(=O)OC(C)(C)C)C(=O)OC(C)(C)C.COCC(NC(=O)OC(C)(C)C)C(=O)OC(C)(C)C. The molecule has 7 amide bonds. The second-order valence-electron chi connectivity index (χ2n) is 38.9. The van der Waals surface area contributed by atoms with Gasteiger partial charge in [-0.05, 0) is 263 Å². The highest BCUT2D eigenvalue weighted by Crippen LogP contribution is 2.20. The van der Waals surface area contributed by atoms with Gasteiger partial charge in [-0.1, -0.05) is 6.92 Å². The Morgan fingerprint density at radius 2 is 0.554 bits per heavy atom. The average Bonchev–Trinajstić information content (AvgIpc) is 0.891. The largest absolute Gasteiger partial charge is 0.468 e. The molecule has 0 saturated heterocycles. The molecule has 0 radical (unpaired) electrons. The minimum absolute atomic E-state index is 0.0220. The number of nitrogens with one attached hydrogen (secondary N) is 3. The lowest BCUT2D eigenvalue weighted by Crippen LogP contribution is -2.48. The summed E-state index contributed by atoms with van der Waals surface area (Å²) in [5.74, 6) is -5.04. The Labute approximate surface area is 719 Å². The highest BCUT2D eigenvalue weighted by atomic mass is 16.6. The predicted octanol–water partition coefficient (Wildman–Crippen LogP) is 12.2. The summed E-state index contributed by atoms with van der Waals surface area (Å²) in [5.41, 5.74) is -7.89. The Balaban J connectivity index is -0.000000328. The molecule has 0 aromatic carbocycles. The van der Waals surface area contributed by atoms with E-state index in [-0.39, 0.29) is 71.4 Å². The zero-order valence-electron chi connectivity index (χ0n) is 80.9. The standard InChI is InChI=1S/C15H27NO5.C14H26N2O5.2C14H25NO6.C13H25NO5.C13H25NO4/c1-11(17)8-9-16(13(19)21-15(5,6)7)10-12(18)20-14(2,3)4;1-13(2,3)20-11(18)9-16(8-10(17)15-7)12(19)21-14(4,5)6;1-13(2,3)20-11(17)9-15(8-10(16)19-7)12(18)21-14(4,5)6;1-10(16)19-9-15(12(18)21-14(5,6)7)8-11(17)20-13(2,3)4;1-12(2,3)18-10(15)9(8-17-7)14-11(16)19-13(4,5)6;1-8-9(10(15)17-12(2,3)4)14-11(16)18-13(5,6)7/h8-10H2,1-7H3;8-9H2,1-7H3,(H,15,17);2*8-9H2,1-7H3;9H,8H2,1-7H3,(H,14,16);9H,8H2,1-7H3,(H,14,16). The van der Waals surface area contributed by atoms with Crippen molar-refractivity contribution in [2.24, 2.45) is 0 Å². The molecule has 2 atom stereocenters. The number of ketones is 1. The minimum Gasteiger partial charge on any atom is -0.468 e. The van der Waals surface area contributed by atoms with Crippen LogP contribution in [-0.2, 0) is 119 Å². The zero-order valence-corrected chi connectivity index (χ0v) is 80.9. The Bertz CT molecular complexity index is 3140. The van der Waals surface area contributed by atoms with Crippen molar-refractivity contribution in [3.8, 4) is 0 Å². The van der Waals surface area contributed by atoms with E-state index in [0.29, 0.717) is 6.42 Å². The van der Waals surface area contributed by atoms with Crippen molar-refractivity contribution in [3.05, 3.63) is 0 Å². The van der Waals surface area contributed by atoms with Crippen molar-refractivity contribution < 1.29 is 148 Å². The number of Topliss-reactive ketones (excluding diaryl/α,β-unsaturated/α-hetero) is 1. The molecule has 0 bridgehead atoms. The van der Waals surface area contributed by atoms with Crippen LogP contribution >= 0.6 is 0 Å². The molecule has 38 heteroatoms. The number of carbonyl (C=O) groups excluding carboxylic acids is 16. The van der Waals surface area contributed by atoms with Gasteiger partial charge in [-0.15, -0.1) is 0 Å². The quantitative estimate of drug-likeness (QED) is 0.0459. The lowest BCUT2D eigenvalue weighted by Gasteiger charge is -2.28. The minimum atomic E-state index is -0.890. The van der Waals surface area contributed by atoms with Crippen molar-refractivity contribution in [2.75, 3.05) is 80.4 Å². The molecule has 0 aliphatic heterocycles. The van der Waals surface area contributed by atoms with Gasteiger partial charge in [0.25, 0.3) is 0 Å². The topological polar surface area (TPSA) is 461 Å². The van der Waals surface area contributed by atoms with Crippen LogP contribution in [0.2, 0.25) is 0 Å². The number of carbonyl (C=O) groups is 16.